The zero-order valence-electron chi connectivity index (χ0n) is 10.3. The summed E-state index contributed by atoms with van der Waals surface area (Å²) in [6.45, 7) is 2.28. The summed E-state index contributed by atoms with van der Waals surface area (Å²) in [5, 5.41) is 13.2. The number of rotatable bonds is 6. The van der Waals surface area contributed by atoms with Crippen LogP contribution in [0.1, 0.15) is 25.3 Å². The van der Waals surface area contributed by atoms with Gasteiger partial charge in [-0.05, 0) is 12.0 Å². The molecule has 0 heterocycles. The van der Waals surface area contributed by atoms with E-state index < -0.39 is 4.92 Å². The molecule has 0 fully saturated rings. The summed E-state index contributed by atoms with van der Waals surface area (Å²) in [4.78, 5) is 21.5. The number of nitrogens with zero attached hydrogens (tertiary/aromatic N) is 1. The maximum atomic E-state index is 11.5. The molecule has 6 heteroatoms. The first-order chi connectivity index (χ1) is 8.52. The van der Waals surface area contributed by atoms with Crippen LogP contribution in [0.4, 0.5) is 5.69 Å². The molecular weight excluding hydrogens is 234 g/mol. The van der Waals surface area contributed by atoms with Crippen molar-refractivity contribution in [3.8, 4) is 0 Å². The van der Waals surface area contributed by atoms with E-state index in [0.717, 1.165) is 12.0 Å². The first-order valence-electron chi connectivity index (χ1n) is 5.78. The molecule has 1 rings (SSSR count). The number of hydrogen-bond donors (Lipinski definition) is 2. The van der Waals surface area contributed by atoms with Crippen LogP contribution in [0.5, 0.6) is 0 Å². The van der Waals surface area contributed by atoms with E-state index in [-0.39, 0.29) is 17.6 Å². The highest BCUT2D eigenvalue weighted by atomic mass is 16.6. The Morgan fingerprint density at radius 3 is 2.56 bits per heavy atom. The third kappa shape index (κ3) is 4.50. The zero-order valence-corrected chi connectivity index (χ0v) is 10.3. The third-order valence-corrected chi connectivity index (χ3v) is 2.61. The molecule has 1 unspecified atom stereocenters. The lowest BCUT2D eigenvalue weighted by molar-refractivity contribution is -0.384. The molecule has 0 aliphatic heterocycles. The summed E-state index contributed by atoms with van der Waals surface area (Å²) >= 11 is 0. The van der Waals surface area contributed by atoms with Gasteiger partial charge in [0.2, 0.25) is 5.91 Å². The minimum absolute atomic E-state index is 0.0399. The fraction of sp³-hybridized carbons (Fsp3) is 0.417. The van der Waals surface area contributed by atoms with Gasteiger partial charge in [-0.15, -0.1) is 0 Å². The van der Waals surface area contributed by atoms with E-state index in [1.807, 2.05) is 6.92 Å². The van der Waals surface area contributed by atoms with Gasteiger partial charge >= 0.3 is 0 Å². The van der Waals surface area contributed by atoms with Crippen LogP contribution in [-0.4, -0.2) is 16.9 Å². The minimum Gasteiger partial charge on any atom is -0.352 e. The molecular formula is C12H17N3O3. The molecule has 0 bridgehead atoms. The molecule has 0 saturated carbocycles. The lowest BCUT2D eigenvalue weighted by atomic mass is 10.1. The summed E-state index contributed by atoms with van der Waals surface area (Å²) < 4.78 is 0. The van der Waals surface area contributed by atoms with Gasteiger partial charge in [-0.25, -0.2) is 0 Å². The van der Waals surface area contributed by atoms with Crippen molar-refractivity contribution in [2.45, 2.75) is 32.4 Å². The van der Waals surface area contributed by atoms with Crippen LogP contribution < -0.4 is 11.1 Å². The number of nitrogens with two attached hydrogens (primary N) is 1. The first kappa shape index (κ1) is 14.1. The molecule has 1 atom stereocenters. The number of nitrogens with one attached hydrogen (secondary N) is 1. The molecule has 0 aromatic heterocycles. The van der Waals surface area contributed by atoms with Gasteiger partial charge in [0.1, 0.15) is 0 Å². The number of nitro groups is 1. The Morgan fingerprint density at radius 1 is 1.44 bits per heavy atom. The molecule has 1 amide bonds. The Hall–Kier alpha value is -1.95. The van der Waals surface area contributed by atoms with Gasteiger partial charge in [0.15, 0.2) is 0 Å². The van der Waals surface area contributed by atoms with Crippen molar-refractivity contribution >= 4 is 11.6 Å². The van der Waals surface area contributed by atoms with Crippen molar-refractivity contribution in [1.82, 2.24) is 5.32 Å². The Balaban J connectivity index is 2.44. The second-order valence-electron chi connectivity index (χ2n) is 4.07. The third-order valence-electron chi connectivity index (χ3n) is 2.61. The smallest absolute Gasteiger partial charge is 0.269 e. The topological polar surface area (TPSA) is 98.3 Å². The molecule has 0 aliphatic carbocycles. The fourth-order valence-corrected chi connectivity index (χ4v) is 1.39. The highest BCUT2D eigenvalue weighted by Crippen LogP contribution is 2.11. The monoisotopic (exact) mass is 251 g/mol. The SMILES string of the molecule is CCC(N)CC(=O)NCc1ccc([N+](=O)[O-])cc1. The van der Waals surface area contributed by atoms with E-state index in [1.165, 1.54) is 12.1 Å². The molecule has 0 spiro atoms. The standard InChI is InChI=1S/C12H17N3O3/c1-2-10(13)7-12(16)14-8-9-3-5-11(6-4-9)15(17)18/h3-6,10H,2,7-8,13H2,1H3,(H,14,16). The van der Waals surface area contributed by atoms with Gasteiger partial charge in [-0.2, -0.15) is 0 Å². The summed E-state index contributed by atoms with van der Waals surface area (Å²) in [5.74, 6) is -0.109. The predicted molar refractivity (Wildman–Crippen MR) is 67.8 cm³/mol. The summed E-state index contributed by atoms with van der Waals surface area (Å²) in [5.41, 5.74) is 6.52. The Kier molecular flexibility index (Phi) is 5.26. The lowest BCUT2D eigenvalue weighted by Crippen LogP contribution is -2.30. The van der Waals surface area contributed by atoms with Crippen molar-refractivity contribution in [3.63, 3.8) is 0 Å². The van der Waals surface area contributed by atoms with Crippen LogP contribution in [0.2, 0.25) is 0 Å². The minimum atomic E-state index is -0.456. The summed E-state index contributed by atoms with van der Waals surface area (Å²) in [6.07, 6.45) is 1.05. The van der Waals surface area contributed by atoms with Crippen LogP contribution in [0.3, 0.4) is 0 Å². The van der Waals surface area contributed by atoms with Gasteiger partial charge in [-0.3, -0.25) is 14.9 Å². The maximum absolute atomic E-state index is 11.5. The highest BCUT2D eigenvalue weighted by molar-refractivity contribution is 5.76. The van der Waals surface area contributed by atoms with Gasteiger partial charge in [0.25, 0.3) is 5.69 Å². The number of amides is 1. The number of carbonyl (C=O) groups excluding carboxylic acids is 1. The number of non-ortho nitro benzene ring substituents is 1. The average Bonchev–Trinajstić information content (AvgIpc) is 2.36. The average molecular weight is 251 g/mol. The van der Waals surface area contributed by atoms with E-state index in [1.54, 1.807) is 12.1 Å². The van der Waals surface area contributed by atoms with E-state index in [9.17, 15) is 14.9 Å². The van der Waals surface area contributed by atoms with E-state index in [4.69, 9.17) is 5.73 Å². The van der Waals surface area contributed by atoms with Crippen molar-refractivity contribution in [2.24, 2.45) is 5.73 Å². The zero-order chi connectivity index (χ0) is 13.5. The largest absolute Gasteiger partial charge is 0.352 e. The second-order valence-corrected chi connectivity index (χ2v) is 4.07. The fourth-order valence-electron chi connectivity index (χ4n) is 1.39. The quantitative estimate of drug-likeness (QED) is 0.588. The first-order valence-corrected chi connectivity index (χ1v) is 5.78. The Labute approximate surface area is 105 Å². The van der Waals surface area contributed by atoms with Crippen molar-refractivity contribution in [2.75, 3.05) is 0 Å². The molecule has 0 saturated heterocycles. The number of nitro benzene ring substituents is 1. The van der Waals surface area contributed by atoms with Crippen molar-refractivity contribution < 1.29 is 9.72 Å². The van der Waals surface area contributed by atoms with Crippen molar-refractivity contribution in [3.05, 3.63) is 39.9 Å². The number of hydrogen-bond acceptors (Lipinski definition) is 4. The molecule has 1 aromatic rings. The van der Waals surface area contributed by atoms with Gasteiger partial charge in [0.05, 0.1) is 4.92 Å². The molecule has 0 radical (unpaired) electrons. The van der Waals surface area contributed by atoms with Gasteiger partial charge < -0.3 is 11.1 Å². The van der Waals surface area contributed by atoms with Crippen LogP contribution in [-0.2, 0) is 11.3 Å². The predicted octanol–water partition coefficient (Wildman–Crippen LogP) is 1.34. The van der Waals surface area contributed by atoms with E-state index in [2.05, 4.69) is 5.32 Å². The van der Waals surface area contributed by atoms with E-state index >= 15 is 0 Å². The van der Waals surface area contributed by atoms with Crippen LogP contribution in [0.25, 0.3) is 0 Å². The van der Waals surface area contributed by atoms with Gasteiger partial charge in [0, 0.05) is 31.1 Å². The maximum Gasteiger partial charge on any atom is 0.269 e. The molecule has 3 N–H and O–H groups in total. The summed E-state index contributed by atoms with van der Waals surface area (Å²) in [6, 6.07) is 5.95. The van der Waals surface area contributed by atoms with Crippen LogP contribution >= 0.6 is 0 Å². The Bertz CT molecular complexity index is 417. The number of benzene rings is 1. The molecule has 98 valence electrons. The highest BCUT2D eigenvalue weighted by Gasteiger charge is 2.08. The summed E-state index contributed by atoms with van der Waals surface area (Å²) in [7, 11) is 0. The lowest BCUT2D eigenvalue weighted by Gasteiger charge is -2.09. The molecule has 6 nitrogen and oxygen atoms in total. The molecule has 18 heavy (non-hydrogen) atoms. The van der Waals surface area contributed by atoms with Crippen LogP contribution in [0.15, 0.2) is 24.3 Å². The Morgan fingerprint density at radius 2 is 2.06 bits per heavy atom. The van der Waals surface area contributed by atoms with Crippen LogP contribution in [0, 0.1) is 10.1 Å². The van der Waals surface area contributed by atoms with E-state index in [0.29, 0.717) is 13.0 Å². The molecule has 1 aromatic carbocycles. The second kappa shape index (κ2) is 6.70. The normalized spacial score (nSPS) is 11.9. The number of carbonyl (C=O) groups is 1. The molecule has 0 aliphatic rings. The van der Waals surface area contributed by atoms with Gasteiger partial charge in [-0.1, -0.05) is 19.1 Å². The van der Waals surface area contributed by atoms with Crippen molar-refractivity contribution in [1.29, 1.82) is 0 Å².